The maximum atomic E-state index is 12.2. The third-order valence-electron chi connectivity index (χ3n) is 3.37. The molecule has 3 heteroatoms. The molecule has 1 N–H and O–H groups in total. The van der Waals surface area contributed by atoms with Crippen LogP contribution in [0.2, 0.25) is 0 Å². The van der Waals surface area contributed by atoms with Crippen molar-refractivity contribution in [2.75, 3.05) is 5.32 Å². The Bertz CT molecular complexity index is 592. The van der Waals surface area contributed by atoms with Crippen LogP contribution in [0.25, 0.3) is 0 Å². The van der Waals surface area contributed by atoms with E-state index in [1.165, 1.54) is 18.4 Å². The quantitative estimate of drug-likeness (QED) is 0.746. The minimum absolute atomic E-state index is 0.108. The van der Waals surface area contributed by atoms with Crippen LogP contribution < -0.4 is 5.32 Å². The Kier molecular flexibility index (Phi) is 5.82. The second kappa shape index (κ2) is 7.84. The first-order valence-electron chi connectivity index (χ1n) is 7.28. The molecule has 0 fully saturated rings. The van der Waals surface area contributed by atoms with E-state index in [9.17, 15) is 4.79 Å². The smallest absolute Gasteiger partial charge is 0.255 e. The molecule has 2 nitrogen and oxygen atoms in total. The summed E-state index contributed by atoms with van der Waals surface area (Å²) in [5.74, 6) is 0.302. The highest BCUT2D eigenvalue weighted by Gasteiger charge is 2.06. The Morgan fingerprint density at radius 2 is 1.86 bits per heavy atom. The van der Waals surface area contributed by atoms with Gasteiger partial charge in [-0.1, -0.05) is 37.6 Å². The van der Waals surface area contributed by atoms with E-state index >= 15 is 0 Å². The molecule has 2 aromatic rings. The molecule has 2 rings (SSSR count). The first kappa shape index (κ1) is 15.6. The first-order valence-corrected chi connectivity index (χ1v) is 7.81. The van der Waals surface area contributed by atoms with Crippen molar-refractivity contribution in [3.63, 3.8) is 0 Å². The van der Waals surface area contributed by atoms with E-state index in [-0.39, 0.29) is 5.91 Å². The summed E-state index contributed by atoms with van der Waals surface area (Å²) in [4.78, 5) is 12.2. The molecule has 0 aromatic heterocycles. The van der Waals surface area contributed by atoms with Gasteiger partial charge in [0.1, 0.15) is 0 Å². The van der Waals surface area contributed by atoms with Crippen LogP contribution >= 0.6 is 11.6 Å². The zero-order valence-electron chi connectivity index (χ0n) is 12.2. The summed E-state index contributed by atoms with van der Waals surface area (Å²) in [6, 6.07) is 15.4. The van der Waals surface area contributed by atoms with Crippen molar-refractivity contribution in [2.45, 2.75) is 32.1 Å². The molecule has 0 radical (unpaired) electrons. The minimum Gasteiger partial charge on any atom is -0.322 e. The molecule has 0 unspecified atom stereocenters. The van der Waals surface area contributed by atoms with Crippen LogP contribution in [0.4, 0.5) is 5.69 Å². The first-order chi connectivity index (χ1) is 10.2. The van der Waals surface area contributed by atoms with E-state index in [0.29, 0.717) is 11.4 Å². The van der Waals surface area contributed by atoms with E-state index in [4.69, 9.17) is 11.6 Å². The SMILES string of the molecule is CCCCc1ccc(NC(=O)c2cccc(CCl)c2)cc1. The van der Waals surface area contributed by atoms with Gasteiger partial charge in [-0.15, -0.1) is 11.6 Å². The maximum absolute atomic E-state index is 12.2. The van der Waals surface area contributed by atoms with Gasteiger partial charge in [-0.2, -0.15) is 0 Å². The normalized spacial score (nSPS) is 10.4. The predicted molar refractivity (Wildman–Crippen MR) is 89.0 cm³/mol. The number of rotatable bonds is 6. The van der Waals surface area contributed by atoms with Gasteiger partial charge in [0.25, 0.3) is 5.91 Å². The summed E-state index contributed by atoms with van der Waals surface area (Å²) < 4.78 is 0. The molecule has 2 aromatic carbocycles. The topological polar surface area (TPSA) is 29.1 Å². The van der Waals surface area contributed by atoms with Gasteiger partial charge in [0, 0.05) is 17.1 Å². The lowest BCUT2D eigenvalue weighted by Crippen LogP contribution is -2.12. The fourth-order valence-corrected chi connectivity index (χ4v) is 2.30. The molecule has 0 aliphatic rings. The van der Waals surface area contributed by atoms with Gasteiger partial charge in [-0.05, 0) is 48.2 Å². The van der Waals surface area contributed by atoms with E-state index in [0.717, 1.165) is 17.7 Å². The molecule has 110 valence electrons. The van der Waals surface area contributed by atoms with Crippen molar-refractivity contribution in [1.29, 1.82) is 0 Å². The van der Waals surface area contributed by atoms with Crippen LogP contribution in [-0.2, 0) is 12.3 Å². The average molecular weight is 302 g/mol. The molecule has 0 aliphatic carbocycles. The largest absolute Gasteiger partial charge is 0.322 e. The molecule has 1 amide bonds. The molecule has 0 spiro atoms. The third kappa shape index (κ3) is 4.61. The van der Waals surface area contributed by atoms with Gasteiger partial charge >= 0.3 is 0 Å². The van der Waals surface area contributed by atoms with Crippen molar-refractivity contribution in [3.05, 3.63) is 65.2 Å². The number of nitrogens with one attached hydrogen (secondary N) is 1. The van der Waals surface area contributed by atoms with Gasteiger partial charge in [0.2, 0.25) is 0 Å². The number of aryl methyl sites for hydroxylation is 1. The Labute approximate surface area is 131 Å². The number of unbranched alkanes of at least 4 members (excludes halogenated alkanes) is 1. The van der Waals surface area contributed by atoms with Gasteiger partial charge in [-0.3, -0.25) is 4.79 Å². The summed E-state index contributed by atoms with van der Waals surface area (Å²) in [7, 11) is 0. The molecular weight excluding hydrogens is 282 g/mol. The summed E-state index contributed by atoms with van der Waals surface area (Å²) in [5, 5.41) is 2.91. The molecule has 0 heterocycles. The zero-order chi connectivity index (χ0) is 15.1. The van der Waals surface area contributed by atoms with Crippen LogP contribution in [0.15, 0.2) is 48.5 Å². The number of hydrogen-bond acceptors (Lipinski definition) is 1. The van der Waals surface area contributed by atoms with E-state index in [2.05, 4.69) is 24.4 Å². The highest BCUT2D eigenvalue weighted by molar-refractivity contribution is 6.17. The Morgan fingerprint density at radius 3 is 2.52 bits per heavy atom. The molecule has 0 saturated carbocycles. The van der Waals surface area contributed by atoms with Crippen LogP contribution in [0, 0.1) is 0 Å². The number of carbonyl (C=O) groups excluding carboxylic acids is 1. The number of amides is 1. The minimum atomic E-state index is -0.108. The van der Waals surface area contributed by atoms with E-state index < -0.39 is 0 Å². The lowest BCUT2D eigenvalue weighted by molar-refractivity contribution is 0.102. The molecule has 0 saturated heterocycles. The number of anilines is 1. The van der Waals surface area contributed by atoms with Crippen LogP contribution in [0.1, 0.15) is 41.3 Å². The van der Waals surface area contributed by atoms with Crippen molar-refractivity contribution >= 4 is 23.2 Å². The Hall–Kier alpha value is -1.80. The molecule has 21 heavy (non-hydrogen) atoms. The zero-order valence-corrected chi connectivity index (χ0v) is 13.0. The highest BCUT2D eigenvalue weighted by atomic mass is 35.5. The fraction of sp³-hybridized carbons (Fsp3) is 0.278. The molecule has 0 atom stereocenters. The lowest BCUT2D eigenvalue weighted by atomic mass is 10.1. The number of hydrogen-bond donors (Lipinski definition) is 1. The monoisotopic (exact) mass is 301 g/mol. The summed E-state index contributed by atoms with van der Waals surface area (Å²) in [6.07, 6.45) is 3.47. The molecular formula is C18H20ClNO. The number of halogens is 1. The van der Waals surface area contributed by atoms with Crippen LogP contribution in [0.3, 0.4) is 0 Å². The highest BCUT2D eigenvalue weighted by Crippen LogP contribution is 2.14. The Morgan fingerprint density at radius 1 is 1.10 bits per heavy atom. The van der Waals surface area contributed by atoms with Gasteiger partial charge in [-0.25, -0.2) is 0 Å². The van der Waals surface area contributed by atoms with E-state index in [1.807, 2.05) is 30.3 Å². The van der Waals surface area contributed by atoms with Crippen LogP contribution in [0.5, 0.6) is 0 Å². The van der Waals surface area contributed by atoms with Crippen molar-refractivity contribution in [1.82, 2.24) is 0 Å². The second-order valence-electron chi connectivity index (χ2n) is 5.09. The van der Waals surface area contributed by atoms with Crippen molar-refractivity contribution in [2.24, 2.45) is 0 Å². The standard InChI is InChI=1S/C18H20ClNO/c1-2-3-5-14-8-10-17(11-9-14)20-18(21)16-7-4-6-15(12-16)13-19/h4,6-12H,2-3,5,13H2,1H3,(H,20,21). The van der Waals surface area contributed by atoms with Gasteiger partial charge in [0.05, 0.1) is 0 Å². The van der Waals surface area contributed by atoms with E-state index in [1.54, 1.807) is 6.07 Å². The third-order valence-corrected chi connectivity index (χ3v) is 3.68. The number of benzene rings is 2. The predicted octanol–water partition coefficient (Wildman–Crippen LogP) is 5.02. The van der Waals surface area contributed by atoms with Gasteiger partial charge in [0.15, 0.2) is 0 Å². The van der Waals surface area contributed by atoms with Crippen LogP contribution in [-0.4, -0.2) is 5.91 Å². The number of carbonyl (C=O) groups is 1. The summed E-state index contributed by atoms with van der Waals surface area (Å²) in [5.41, 5.74) is 3.69. The average Bonchev–Trinajstić information content (AvgIpc) is 2.54. The second-order valence-corrected chi connectivity index (χ2v) is 5.36. The molecule has 0 bridgehead atoms. The lowest BCUT2D eigenvalue weighted by Gasteiger charge is -2.07. The van der Waals surface area contributed by atoms with Crippen molar-refractivity contribution < 1.29 is 4.79 Å². The fourth-order valence-electron chi connectivity index (χ4n) is 2.13. The Balaban J connectivity index is 2.01. The summed E-state index contributed by atoms with van der Waals surface area (Å²) in [6.45, 7) is 2.18. The number of alkyl halides is 1. The molecule has 0 aliphatic heterocycles. The maximum Gasteiger partial charge on any atom is 0.255 e. The van der Waals surface area contributed by atoms with Crippen molar-refractivity contribution in [3.8, 4) is 0 Å². The summed E-state index contributed by atoms with van der Waals surface area (Å²) >= 11 is 5.79. The van der Waals surface area contributed by atoms with Gasteiger partial charge < -0.3 is 5.32 Å².